The number of hydrogen-bond acceptors (Lipinski definition) is 6. The first-order valence-electron chi connectivity index (χ1n) is 9.62. The van der Waals surface area contributed by atoms with E-state index in [1.807, 2.05) is 29.7 Å². The van der Waals surface area contributed by atoms with Crippen molar-refractivity contribution >= 4 is 34.1 Å². The van der Waals surface area contributed by atoms with Gasteiger partial charge in [0.15, 0.2) is 0 Å². The van der Waals surface area contributed by atoms with Gasteiger partial charge in [0.05, 0.1) is 22.6 Å². The number of hydrogen-bond donors (Lipinski definition) is 2. The van der Waals surface area contributed by atoms with Gasteiger partial charge in [-0.2, -0.15) is 10.2 Å². The van der Waals surface area contributed by atoms with Crippen LogP contribution in [0.1, 0.15) is 55.9 Å². The average molecular weight is 409 g/mol. The molecule has 3 aromatic rings. The number of nitrogen functional groups attached to an aromatic ring is 1. The SMILES string of the molecule is CC(Nc1nc(N)ncc1C#N)c1cc2cccc(Cl)c2c(=O)n1C1CCCC1. The number of pyridine rings is 1. The third-order valence-corrected chi connectivity index (χ3v) is 5.79. The van der Waals surface area contributed by atoms with Crippen LogP contribution in [0.2, 0.25) is 5.02 Å². The van der Waals surface area contributed by atoms with Crippen molar-refractivity contribution < 1.29 is 0 Å². The van der Waals surface area contributed by atoms with Crippen molar-refractivity contribution in [1.82, 2.24) is 14.5 Å². The van der Waals surface area contributed by atoms with Crippen LogP contribution in [0.4, 0.5) is 11.8 Å². The number of benzene rings is 1. The fourth-order valence-corrected chi connectivity index (χ4v) is 4.36. The van der Waals surface area contributed by atoms with E-state index in [4.69, 9.17) is 17.3 Å². The van der Waals surface area contributed by atoms with Gasteiger partial charge in [-0.1, -0.05) is 36.6 Å². The maximum absolute atomic E-state index is 13.4. The zero-order valence-electron chi connectivity index (χ0n) is 16.0. The van der Waals surface area contributed by atoms with Gasteiger partial charge in [-0.05, 0) is 37.3 Å². The Morgan fingerprint density at radius 3 is 2.86 bits per heavy atom. The lowest BCUT2D eigenvalue weighted by Gasteiger charge is -2.25. The van der Waals surface area contributed by atoms with Crippen molar-refractivity contribution in [3.8, 4) is 6.07 Å². The first kappa shape index (κ1) is 19.2. The molecule has 1 aromatic carbocycles. The number of nitriles is 1. The molecule has 0 amide bonds. The Labute approximate surface area is 173 Å². The molecule has 3 N–H and O–H groups in total. The van der Waals surface area contributed by atoms with Crippen LogP contribution in [0, 0.1) is 11.3 Å². The molecule has 0 spiro atoms. The van der Waals surface area contributed by atoms with Gasteiger partial charge in [0.2, 0.25) is 5.95 Å². The summed E-state index contributed by atoms with van der Waals surface area (Å²) in [5, 5.41) is 14.4. The number of nitrogens with zero attached hydrogens (tertiary/aromatic N) is 4. The van der Waals surface area contributed by atoms with E-state index in [1.54, 1.807) is 6.07 Å². The number of rotatable bonds is 4. The Morgan fingerprint density at radius 2 is 2.14 bits per heavy atom. The third kappa shape index (κ3) is 3.52. The minimum absolute atomic E-state index is 0.0774. The molecule has 2 aromatic heterocycles. The topological polar surface area (TPSA) is 110 Å². The van der Waals surface area contributed by atoms with E-state index in [-0.39, 0.29) is 23.6 Å². The molecule has 1 atom stereocenters. The lowest BCUT2D eigenvalue weighted by Crippen LogP contribution is -2.29. The van der Waals surface area contributed by atoms with Gasteiger partial charge < -0.3 is 15.6 Å². The van der Waals surface area contributed by atoms with Crippen LogP contribution in [-0.2, 0) is 0 Å². The number of halogens is 1. The molecule has 29 heavy (non-hydrogen) atoms. The van der Waals surface area contributed by atoms with Crippen LogP contribution in [0.15, 0.2) is 35.3 Å². The molecule has 7 nitrogen and oxygen atoms in total. The van der Waals surface area contributed by atoms with E-state index in [1.165, 1.54) is 6.20 Å². The van der Waals surface area contributed by atoms with E-state index in [9.17, 15) is 10.1 Å². The van der Waals surface area contributed by atoms with E-state index in [0.717, 1.165) is 36.8 Å². The molecule has 1 unspecified atom stereocenters. The van der Waals surface area contributed by atoms with E-state index in [0.29, 0.717) is 21.8 Å². The minimum Gasteiger partial charge on any atom is -0.368 e. The van der Waals surface area contributed by atoms with Crippen LogP contribution >= 0.6 is 11.6 Å². The highest BCUT2D eigenvalue weighted by Crippen LogP contribution is 2.33. The van der Waals surface area contributed by atoms with E-state index in [2.05, 4.69) is 21.4 Å². The fourth-order valence-electron chi connectivity index (χ4n) is 4.09. The van der Waals surface area contributed by atoms with Crippen molar-refractivity contribution in [3.05, 3.63) is 57.1 Å². The fraction of sp³-hybridized carbons (Fsp3) is 0.333. The second-order valence-corrected chi connectivity index (χ2v) is 7.76. The van der Waals surface area contributed by atoms with E-state index < -0.39 is 0 Å². The summed E-state index contributed by atoms with van der Waals surface area (Å²) in [7, 11) is 0. The summed E-state index contributed by atoms with van der Waals surface area (Å²) in [4.78, 5) is 21.5. The van der Waals surface area contributed by atoms with Crippen LogP contribution < -0.4 is 16.6 Å². The summed E-state index contributed by atoms with van der Waals surface area (Å²) < 4.78 is 1.87. The molecule has 0 bridgehead atoms. The van der Waals surface area contributed by atoms with Gasteiger partial charge in [-0.15, -0.1) is 0 Å². The molecule has 1 saturated carbocycles. The Morgan fingerprint density at radius 1 is 1.38 bits per heavy atom. The standard InChI is InChI=1S/C21H21ClN6O/c1-12(26-19-14(10-23)11-25-21(24)27-19)17-9-13-5-4-8-16(22)18(13)20(29)28(17)15-6-2-3-7-15/h4-5,8-9,11-12,15H,2-3,6-7H2,1H3,(H3,24,25,26,27). The highest BCUT2D eigenvalue weighted by atomic mass is 35.5. The molecule has 2 heterocycles. The van der Waals surface area contributed by atoms with Crippen molar-refractivity contribution in [3.63, 3.8) is 0 Å². The summed E-state index contributed by atoms with van der Waals surface area (Å²) in [5.41, 5.74) is 6.75. The highest BCUT2D eigenvalue weighted by molar-refractivity contribution is 6.35. The van der Waals surface area contributed by atoms with Gasteiger partial charge in [0.25, 0.3) is 5.56 Å². The van der Waals surface area contributed by atoms with Gasteiger partial charge in [0.1, 0.15) is 17.5 Å². The molecule has 0 aliphatic heterocycles. The summed E-state index contributed by atoms with van der Waals surface area (Å²) in [5.74, 6) is 0.432. The summed E-state index contributed by atoms with van der Waals surface area (Å²) in [6.07, 6.45) is 5.50. The minimum atomic E-state index is -0.284. The van der Waals surface area contributed by atoms with Crippen LogP contribution in [0.5, 0.6) is 0 Å². The Balaban J connectivity index is 1.86. The first-order valence-corrected chi connectivity index (χ1v) is 10.00. The molecule has 1 aliphatic carbocycles. The summed E-state index contributed by atoms with van der Waals surface area (Å²) in [6.45, 7) is 1.94. The predicted molar refractivity (Wildman–Crippen MR) is 114 cm³/mol. The molecule has 0 saturated heterocycles. The van der Waals surface area contributed by atoms with Crippen LogP contribution in [-0.4, -0.2) is 14.5 Å². The van der Waals surface area contributed by atoms with Crippen molar-refractivity contribution in [2.45, 2.75) is 44.7 Å². The molecular formula is C21H21ClN6O. The Kier molecular flexibility index (Phi) is 5.12. The third-order valence-electron chi connectivity index (χ3n) is 5.47. The Bertz CT molecular complexity index is 1180. The summed E-state index contributed by atoms with van der Waals surface area (Å²) >= 11 is 6.36. The predicted octanol–water partition coefficient (Wildman–Crippen LogP) is 4.19. The normalized spacial score (nSPS) is 15.3. The number of fused-ring (bicyclic) bond motifs is 1. The number of nitrogens with two attached hydrogens (primary N) is 1. The highest BCUT2D eigenvalue weighted by Gasteiger charge is 2.25. The lowest BCUT2D eigenvalue weighted by molar-refractivity contribution is 0.478. The van der Waals surface area contributed by atoms with E-state index >= 15 is 0 Å². The Hall–Kier alpha value is -3.11. The van der Waals surface area contributed by atoms with Crippen molar-refractivity contribution in [1.29, 1.82) is 5.26 Å². The molecule has 0 radical (unpaired) electrons. The zero-order valence-corrected chi connectivity index (χ0v) is 16.8. The van der Waals surface area contributed by atoms with Crippen molar-refractivity contribution in [2.75, 3.05) is 11.1 Å². The van der Waals surface area contributed by atoms with Crippen molar-refractivity contribution in [2.24, 2.45) is 0 Å². The second-order valence-electron chi connectivity index (χ2n) is 7.36. The molecule has 1 aliphatic rings. The average Bonchev–Trinajstić information content (AvgIpc) is 3.22. The second kappa shape index (κ2) is 7.72. The van der Waals surface area contributed by atoms with Crippen LogP contribution in [0.3, 0.4) is 0 Å². The largest absolute Gasteiger partial charge is 0.368 e. The molecule has 8 heteroatoms. The molecular weight excluding hydrogens is 388 g/mol. The lowest BCUT2D eigenvalue weighted by atomic mass is 10.1. The zero-order chi connectivity index (χ0) is 20.5. The molecule has 4 rings (SSSR count). The van der Waals surface area contributed by atoms with Crippen LogP contribution in [0.25, 0.3) is 10.8 Å². The summed E-state index contributed by atoms with van der Waals surface area (Å²) in [6, 6.07) is 9.39. The monoisotopic (exact) mass is 408 g/mol. The maximum Gasteiger partial charge on any atom is 0.260 e. The maximum atomic E-state index is 13.4. The van der Waals surface area contributed by atoms with Gasteiger partial charge in [0, 0.05) is 11.7 Å². The van der Waals surface area contributed by atoms with Gasteiger partial charge in [-0.3, -0.25) is 4.79 Å². The quantitative estimate of drug-likeness (QED) is 0.669. The smallest absolute Gasteiger partial charge is 0.260 e. The van der Waals surface area contributed by atoms with Gasteiger partial charge >= 0.3 is 0 Å². The molecule has 148 valence electrons. The number of anilines is 2. The molecule has 1 fully saturated rings. The number of nitrogens with one attached hydrogen (secondary N) is 1. The van der Waals surface area contributed by atoms with Gasteiger partial charge in [-0.25, -0.2) is 4.98 Å². The first-order chi connectivity index (χ1) is 14.0. The number of aromatic nitrogens is 3.